The molecule has 0 radical (unpaired) electrons. The van der Waals surface area contributed by atoms with Crippen molar-refractivity contribution in [1.82, 2.24) is 0 Å². The van der Waals surface area contributed by atoms with Gasteiger partial charge in [-0.2, -0.15) is 0 Å². The van der Waals surface area contributed by atoms with Gasteiger partial charge < -0.3 is 0 Å². The maximum atomic E-state index is 3.80. The minimum absolute atomic E-state index is 0.665. The Balaban J connectivity index is 0.422. The summed E-state index contributed by atoms with van der Waals surface area (Å²) in [6.45, 7) is 29.1. The minimum Gasteiger partial charge on any atom is -0.0616 e. The molecule has 100 fully saturated rings. The van der Waals surface area contributed by atoms with Crippen molar-refractivity contribution in [1.29, 1.82) is 0 Å². The lowest BCUT2D eigenvalue weighted by atomic mass is 8.21. The number of hydrogen-bond acceptors (Lipinski definition) is 0. The average Bonchev–Trinajstić information content (AvgIpc) is 0.424. The van der Waals surface area contributed by atoms with E-state index in [4.69, 9.17) is 0 Å². The monoisotopic (exact) mass is 1780 g/mol. The molecule has 0 saturated heterocycles. The predicted molar refractivity (Wildman–Crippen MR) is 464 cm³/mol. The van der Waals surface area contributed by atoms with Crippen molar-refractivity contribution >= 4 is 0 Å². The van der Waals surface area contributed by atoms with Crippen molar-refractivity contribution in [3.05, 3.63) is 206 Å². The van der Waals surface area contributed by atoms with Gasteiger partial charge in [0.1, 0.15) is 0 Å². The van der Waals surface area contributed by atoms with Crippen LogP contribution in [0.25, 0.3) is 0 Å². The maximum absolute atomic E-state index is 3.80. The summed E-state index contributed by atoms with van der Waals surface area (Å²) in [6.07, 6.45) is 13.8. The highest BCUT2D eigenvalue weighted by Crippen LogP contribution is 3.95. The molecule has 0 bridgehead atoms. The van der Waals surface area contributed by atoms with Gasteiger partial charge in [-0.05, 0) is 750 Å². The van der Waals surface area contributed by atoms with Gasteiger partial charge in [0.15, 0.2) is 0 Å². The van der Waals surface area contributed by atoms with Crippen molar-refractivity contribution in [3.63, 3.8) is 0 Å². The second kappa shape index (κ2) is 6.92. The standard InChI is InChI=1S/C141H84/c1-16-29-42-52-49-39-26-13-27-40-50-59-61-55-45-33-18-9-17(30-35-22-12-23-36-47-57-58-48-38-25-11-21-34-20-10-24-37-46-56-51-41-28-15-70(30)76(28)88(41)98(51)99(56)92(46)82(37)72(20,24)80(34)73(21,25)83(38)93(48)101(58)100(57)91(47)81(36)71(22,23)78(35,70)112(76,81)116(88,91)118(98,100)119(99,101)117(92,93)113(80,82)83)19-14-69-31(19)43-53-60-54-44-32(18)75(33)86(44)96(54)103(60)90(53)79(43,69)107-68(69,8)67(7)66(6)65(5)64(4)63(3)62(16,2)77(29)89(42)102(52)94(49)84(39)74(26,27)85(40)95(50)104(59)105(61)97(55)87(45,75)115(86)124(96)127(103)121(90,107)131-109(67,107)111(66)110(65)108(64)106(63,77)120(89)126(102)122(94)114(84,85)123(95)128(104)129(105)125(97,115)135(124)137(127,131)141-133(111,131)132(110)130(108,120)136(126)134(122,123)138(128,139(129,135)141)140(132,136)141/h16-61H,9-15H2,1-8H3. The largest absolute Gasteiger partial charge is 0.0616 e. The Bertz CT molecular complexity index is 11600. The van der Waals surface area contributed by atoms with Gasteiger partial charge in [-0.3, -0.25) is 0 Å². The van der Waals surface area contributed by atoms with Gasteiger partial charge in [-0.25, -0.2) is 0 Å². The molecule has 0 heteroatoms. The van der Waals surface area contributed by atoms with E-state index >= 15 is 0 Å². The summed E-state index contributed by atoms with van der Waals surface area (Å²) in [5, 5.41) is 0. The Hall–Kier alpha value is 0. The smallest absolute Gasteiger partial charge is 0.00000101 e. The van der Waals surface area contributed by atoms with E-state index in [0.29, 0.717) is 32.5 Å². The third-order valence-electron chi connectivity index (χ3n) is 127. The minimum atomic E-state index is 0.665. The van der Waals surface area contributed by atoms with Crippen LogP contribution in [0.15, 0.2) is 0 Å². The summed E-state index contributed by atoms with van der Waals surface area (Å²) in [6, 6.07) is 0. The molecule has 0 amide bonds. The quantitative estimate of drug-likeness (QED) is 0.245. The molecule has 0 aromatic heterocycles. The molecule has 73 spiro atoms. The fraction of sp³-hybridized carbons (Fsp3) is 1.00. The molecule has 100 saturated carbocycles. The molecule has 100 aliphatic rings. The first-order valence-electron chi connectivity index (χ1n) is 69.3. The van der Waals surface area contributed by atoms with Crippen LogP contribution in [-0.2, 0) is 0 Å². The highest BCUT2D eigenvalue weighted by molar-refractivity contribution is 7.02. The molecule has 0 nitrogen and oxygen atoms in total. The fourth-order valence-corrected chi connectivity index (χ4v) is 163. The predicted octanol–water partition coefficient (Wildman–Crippen LogP) is 15.6. The van der Waals surface area contributed by atoms with Crippen molar-refractivity contribution < 1.29 is 0 Å². The van der Waals surface area contributed by atoms with Crippen LogP contribution < -0.4 is 0 Å². The van der Waals surface area contributed by atoms with Crippen LogP contribution in [0.1, 0.15) is 100 Å². The topological polar surface area (TPSA) is 0 Å². The number of fused-ring (bicyclic) bond motifs is 35. The molecule has 0 heterocycles. The van der Waals surface area contributed by atoms with Gasteiger partial charge in [0, 0.05) is 0 Å². The van der Waals surface area contributed by atoms with E-state index in [1.54, 1.807) is 0 Å². The van der Waals surface area contributed by atoms with Gasteiger partial charge >= 0.3 is 0 Å². The van der Waals surface area contributed by atoms with E-state index in [1.165, 1.54) is 266 Å². The highest BCUT2D eigenvalue weighted by atomic mass is 15.9. The fourth-order valence-electron chi connectivity index (χ4n) is 163. The van der Waals surface area contributed by atoms with Gasteiger partial charge in [0.25, 0.3) is 0 Å². The lowest BCUT2D eigenvalue weighted by molar-refractivity contribution is -1.21. The van der Waals surface area contributed by atoms with Crippen LogP contribution in [0, 0.1) is 705 Å². The maximum Gasteiger partial charge on any atom is -0.00000101 e. The zero-order valence-electron chi connectivity index (χ0n) is 79.5. The second-order valence-electron chi connectivity index (χ2n) is 92.7. The summed E-state index contributed by atoms with van der Waals surface area (Å²) >= 11 is 0. The normalized spacial score (nSPS) is 146. The van der Waals surface area contributed by atoms with Crippen LogP contribution >= 0.6 is 0 Å². The van der Waals surface area contributed by atoms with Gasteiger partial charge in [0.2, 0.25) is 0 Å². The van der Waals surface area contributed by atoms with E-state index in [-0.39, 0.29) is 0 Å². The highest BCUT2D eigenvalue weighted by Gasteiger charge is 3.88. The molecular formula is C141H84. The average molecular weight is 1780 g/mol. The molecule has 100 rings (SSSR count). The summed E-state index contributed by atoms with van der Waals surface area (Å²) in [5.74, 6) is 63.6. The molecule has 0 aliphatic heterocycles. The van der Waals surface area contributed by atoms with Crippen LogP contribution in [-0.4, -0.2) is 0 Å². The lowest BCUT2D eigenvalue weighted by Gasteiger charge is -3.81. The van der Waals surface area contributed by atoms with Crippen LogP contribution in [0.5, 0.6) is 0 Å². The molecular weight excluding hydrogens is 1690 g/mol. The van der Waals surface area contributed by atoms with Crippen LogP contribution in [0.4, 0.5) is 0 Å². The Morgan fingerprint density at radius 2 is 0.390 bits per heavy atom. The van der Waals surface area contributed by atoms with Crippen molar-refractivity contribution in [3.8, 4) is 0 Å². The lowest BCUT2D eigenvalue weighted by Crippen LogP contribution is -3.74. The first kappa shape index (κ1) is 48.0. The Labute approximate surface area is 799 Å². The van der Waals surface area contributed by atoms with Gasteiger partial charge in [-0.15, -0.1) is 0 Å². The Morgan fingerprint density at radius 3 is 0.872 bits per heavy atom. The first-order valence-corrected chi connectivity index (χ1v) is 69.3. The van der Waals surface area contributed by atoms with Crippen molar-refractivity contribution in [2.24, 2.45) is 500 Å². The second-order valence-corrected chi connectivity index (χ2v) is 92.7. The van der Waals surface area contributed by atoms with E-state index in [9.17, 15) is 0 Å². The third kappa shape index (κ3) is 0.970. The third-order valence-corrected chi connectivity index (χ3v) is 127. The number of rotatable bonds is 1. The summed E-state index contributed by atoms with van der Waals surface area (Å²) in [7, 11) is 0. The van der Waals surface area contributed by atoms with Crippen LogP contribution in [0.3, 0.4) is 0 Å². The van der Waals surface area contributed by atoms with E-state index < -0.39 is 0 Å². The summed E-state index contributed by atoms with van der Waals surface area (Å²) in [4.78, 5) is 0. The SMILES string of the molecule is CC1C2C3C4C5C6C7CC8C9C%10C%11C%12C%13C%14C%15C%16CC(C%17C%18C%19CC%20C%21C%22C%23C%24C%25C%26C%27CC%28C%29C%30CC%31C%32C%33C%34C%35C%36C%37CC%17%38C%18%17C%19%20C%21%18C%22%19C%23%20C%24%21C%25%22C%26%23C%28%27C%29%24C%30%31C%32%25C%33%26C%34%27C%35%28C%36%29C%37%38C%17%18C%29%19C%28%20C%27%21C%26%22C%24%25%23)C%17CC%18%19C%17C%17C%20C%21C%22C%23C%16C%15%16C%23%15C%22%23C%21%22C%20%21C%17%18C%17%18C%19(C)C%19(C)C%20(C)C%24(C)C%25(C)C%26(C)C1(C)C21C32C43C54C65C78C96C%107C%118C%129C%13%10C%14%16C%15%11C%23%12C%22%13C%21%17C%14%15C%19%18C%20%16C%24%17C%25%18C%261C21C32C43C56C74C85C96C%10%11C%127C%13%14C89C%16%15C%17%10C%181C21C34C5(C678)C%1019. The van der Waals surface area contributed by atoms with Crippen molar-refractivity contribution in [2.45, 2.75) is 100 Å². The molecule has 141 heavy (non-hydrogen) atoms. The van der Waals surface area contributed by atoms with Gasteiger partial charge in [0.05, 0.1) is 0 Å². The molecule has 126 atom stereocenters. The summed E-state index contributed by atoms with van der Waals surface area (Å²) in [5.41, 5.74) is 81.3. The number of hydrogen-bond donors (Lipinski definition) is 0. The molecule has 126 unspecified atom stereocenters. The molecule has 648 valence electrons. The van der Waals surface area contributed by atoms with E-state index in [1.807, 2.05) is 32.1 Å². The molecule has 0 aromatic rings. The van der Waals surface area contributed by atoms with E-state index in [0.717, 1.165) is 407 Å². The Kier molecular flexibility index (Phi) is 2.36. The van der Waals surface area contributed by atoms with Gasteiger partial charge in [-0.1, -0.05) is 55.4 Å². The molecule has 100 aliphatic carbocycles. The summed E-state index contributed by atoms with van der Waals surface area (Å²) < 4.78 is 0. The van der Waals surface area contributed by atoms with Crippen molar-refractivity contribution in [2.75, 3.05) is 0 Å². The zero-order chi connectivity index (χ0) is 79.5. The Morgan fingerprint density at radius 1 is 0.128 bits per heavy atom. The first-order chi connectivity index (χ1) is 69.3. The molecule has 0 N–H and O–H groups in total. The van der Waals surface area contributed by atoms with E-state index in [2.05, 4.69) is 68.2 Å². The zero-order valence-corrected chi connectivity index (χ0v) is 79.5. The van der Waals surface area contributed by atoms with Crippen LogP contribution in [0.2, 0.25) is 0 Å². The molecule has 0 aromatic carbocycles.